The smallest absolute Gasteiger partial charge is 0.243 e. The molecule has 6 heteroatoms. The minimum Gasteiger partial charge on any atom is -0.497 e. The Hall–Kier alpha value is -1.11. The second-order valence-electron chi connectivity index (χ2n) is 5.56. The molecule has 1 aliphatic rings. The fourth-order valence-electron chi connectivity index (χ4n) is 2.32. The Morgan fingerprint density at radius 3 is 2.67 bits per heavy atom. The molecule has 118 valence electrons. The summed E-state index contributed by atoms with van der Waals surface area (Å²) < 4.78 is 32.2. The van der Waals surface area contributed by atoms with E-state index in [1.165, 1.54) is 4.31 Å². The Labute approximate surface area is 127 Å². The maximum absolute atomic E-state index is 12.7. The van der Waals surface area contributed by atoms with Crippen molar-refractivity contribution in [2.24, 2.45) is 5.92 Å². The molecule has 0 saturated heterocycles. The van der Waals surface area contributed by atoms with E-state index in [-0.39, 0.29) is 0 Å². The quantitative estimate of drug-likeness (QED) is 0.790. The molecule has 2 rings (SSSR count). The third-order valence-electron chi connectivity index (χ3n) is 3.81. The van der Waals surface area contributed by atoms with Crippen LogP contribution in [0.3, 0.4) is 0 Å². The first-order valence-electron chi connectivity index (χ1n) is 7.27. The van der Waals surface area contributed by atoms with Gasteiger partial charge in [0.25, 0.3) is 0 Å². The Morgan fingerprint density at radius 1 is 1.38 bits per heavy atom. The number of rotatable bonds is 8. The van der Waals surface area contributed by atoms with Crippen LogP contribution in [0.4, 0.5) is 0 Å². The standard InChI is InChI=1S/C15H24N2O3S/c1-16-9-8-13-10-14(20-3)6-7-15(13)21(18,19)17(2)11-12-4-5-12/h6-7,10,12,16H,4-5,8-9,11H2,1-3H3. The molecule has 0 aliphatic heterocycles. The minimum atomic E-state index is -3.43. The van der Waals surface area contributed by atoms with Gasteiger partial charge in [-0.2, -0.15) is 0 Å². The van der Waals surface area contributed by atoms with Crippen LogP contribution in [0.15, 0.2) is 23.1 Å². The molecule has 0 aromatic heterocycles. The molecule has 1 aromatic rings. The molecular formula is C15H24N2O3S. The highest BCUT2D eigenvalue weighted by Crippen LogP contribution is 2.32. The summed E-state index contributed by atoms with van der Waals surface area (Å²) in [5.74, 6) is 1.22. The van der Waals surface area contributed by atoms with Crippen molar-refractivity contribution in [1.29, 1.82) is 0 Å². The van der Waals surface area contributed by atoms with Crippen molar-refractivity contribution in [1.82, 2.24) is 9.62 Å². The highest BCUT2D eigenvalue weighted by Gasteiger charge is 2.30. The molecule has 21 heavy (non-hydrogen) atoms. The number of nitrogens with zero attached hydrogens (tertiary/aromatic N) is 1. The Bertz CT molecular complexity index is 583. The van der Waals surface area contributed by atoms with Crippen LogP contribution in [0.2, 0.25) is 0 Å². The molecule has 0 atom stereocenters. The number of sulfonamides is 1. The van der Waals surface area contributed by atoms with Crippen LogP contribution < -0.4 is 10.1 Å². The van der Waals surface area contributed by atoms with Gasteiger partial charge in [0.15, 0.2) is 0 Å². The molecule has 0 heterocycles. The summed E-state index contributed by atoms with van der Waals surface area (Å²) in [6, 6.07) is 5.18. The largest absolute Gasteiger partial charge is 0.497 e. The summed E-state index contributed by atoms with van der Waals surface area (Å²) in [6.45, 7) is 1.34. The van der Waals surface area contributed by atoms with Gasteiger partial charge in [-0.05, 0) is 62.5 Å². The SMILES string of the molecule is CNCCc1cc(OC)ccc1S(=O)(=O)N(C)CC1CC1. The highest BCUT2D eigenvalue weighted by molar-refractivity contribution is 7.89. The van der Waals surface area contributed by atoms with E-state index in [1.54, 1.807) is 26.3 Å². The van der Waals surface area contributed by atoms with Gasteiger partial charge in [-0.15, -0.1) is 0 Å². The molecule has 0 radical (unpaired) electrons. The van der Waals surface area contributed by atoms with E-state index in [0.717, 1.165) is 24.9 Å². The first kappa shape index (κ1) is 16.3. The van der Waals surface area contributed by atoms with Gasteiger partial charge in [-0.1, -0.05) is 0 Å². The number of likely N-dealkylation sites (N-methyl/N-ethyl adjacent to an activating group) is 1. The summed E-state index contributed by atoms with van der Waals surface area (Å²) in [7, 11) is 1.68. The van der Waals surface area contributed by atoms with Gasteiger partial charge < -0.3 is 10.1 Å². The van der Waals surface area contributed by atoms with Gasteiger partial charge in [0.05, 0.1) is 12.0 Å². The van der Waals surface area contributed by atoms with E-state index in [0.29, 0.717) is 29.5 Å². The molecule has 0 spiro atoms. The summed E-state index contributed by atoms with van der Waals surface area (Å²) >= 11 is 0. The highest BCUT2D eigenvalue weighted by atomic mass is 32.2. The predicted octanol–water partition coefficient (Wildman–Crippen LogP) is 1.49. The number of methoxy groups -OCH3 is 1. The lowest BCUT2D eigenvalue weighted by Crippen LogP contribution is -2.30. The number of hydrogen-bond acceptors (Lipinski definition) is 4. The lowest BCUT2D eigenvalue weighted by Gasteiger charge is -2.19. The number of hydrogen-bond donors (Lipinski definition) is 1. The van der Waals surface area contributed by atoms with Crippen LogP contribution in [0, 0.1) is 5.92 Å². The van der Waals surface area contributed by atoms with Crippen molar-refractivity contribution in [3.63, 3.8) is 0 Å². The van der Waals surface area contributed by atoms with Gasteiger partial charge >= 0.3 is 0 Å². The van der Waals surface area contributed by atoms with E-state index >= 15 is 0 Å². The molecule has 5 nitrogen and oxygen atoms in total. The Morgan fingerprint density at radius 2 is 2.10 bits per heavy atom. The van der Waals surface area contributed by atoms with Crippen molar-refractivity contribution in [3.05, 3.63) is 23.8 Å². The van der Waals surface area contributed by atoms with Crippen molar-refractivity contribution in [2.45, 2.75) is 24.2 Å². The molecule has 0 bridgehead atoms. The van der Waals surface area contributed by atoms with Crippen LogP contribution in [0.25, 0.3) is 0 Å². The summed E-state index contributed by atoms with van der Waals surface area (Å²) in [4.78, 5) is 0.390. The van der Waals surface area contributed by atoms with Gasteiger partial charge in [0.1, 0.15) is 5.75 Å². The normalized spacial score (nSPS) is 15.4. The lowest BCUT2D eigenvalue weighted by atomic mass is 10.1. The lowest BCUT2D eigenvalue weighted by molar-refractivity contribution is 0.413. The van der Waals surface area contributed by atoms with E-state index in [4.69, 9.17) is 4.74 Å². The summed E-state index contributed by atoms with van der Waals surface area (Å²) in [5, 5.41) is 3.05. The van der Waals surface area contributed by atoms with Gasteiger partial charge in [0.2, 0.25) is 10.0 Å². The maximum Gasteiger partial charge on any atom is 0.243 e. The second kappa shape index (κ2) is 6.77. The molecule has 1 saturated carbocycles. The van der Waals surface area contributed by atoms with Crippen LogP contribution in [0.5, 0.6) is 5.75 Å². The second-order valence-corrected chi connectivity index (χ2v) is 7.57. The molecule has 0 unspecified atom stereocenters. The van der Waals surface area contributed by atoms with Crippen molar-refractivity contribution in [2.75, 3.05) is 34.3 Å². The molecule has 1 fully saturated rings. The summed E-state index contributed by atoms with van der Waals surface area (Å²) in [5.41, 5.74) is 0.798. The van der Waals surface area contributed by atoms with Crippen LogP contribution in [0.1, 0.15) is 18.4 Å². The van der Waals surface area contributed by atoms with E-state index in [1.807, 2.05) is 13.1 Å². The van der Waals surface area contributed by atoms with Crippen molar-refractivity contribution < 1.29 is 13.2 Å². The van der Waals surface area contributed by atoms with Gasteiger partial charge in [0, 0.05) is 13.6 Å². The van der Waals surface area contributed by atoms with E-state index in [2.05, 4.69) is 5.32 Å². The molecule has 1 aromatic carbocycles. The van der Waals surface area contributed by atoms with Crippen molar-refractivity contribution in [3.8, 4) is 5.75 Å². The molecule has 1 N–H and O–H groups in total. The zero-order valence-corrected chi connectivity index (χ0v) is 13.7. The van der Waals surface area contributed by atoms with Crippen molar-refractivity contribution >= 4 is 10.0 Å². The first-order valence-corrected chi connectivity index (χ1v) is 8.71. The number of ether oxygens (including phenoxy) is 1. The first-order chi connectivity index (χ1) is 9.98. The fraction of sp³-hybridized carbons (Fsp3) is 0.600. The molecule has 0 amide bonds. The van der Waals surface area contributed by atoms with Crippen LogP contribution >= 0.6 is 0 Å². The minimum absolute atomic E-state index is 0.390. The number of nitrogens with one attached hydrogen (secondary N) is 1. The third-order valence-corrected chi connectivity index (χ3v) is 5.74. The Balaban J connectivity index is 2.30. The van der Waals surface area contributed by atoms with E-state index < -0.39 is 10.0 Å². The zero-order chi connectivity index (χ0) is 15.5. The van der Waals surface area contributed by atoms with E-state index in [9.17, 15) is 8.42 Å². The number of benzene rings is 1. The maximum atomic E-state index is 12.7. The fourth-order valence-corrected chi connectivity index (χ4v) is 3.79. The molecule has 1 aliphatic carbocycles. The van der Waals surface area contributed by atoms with Crippen LogP contribution in [-0.4, -0.2) is 47.0 Å². The Kier molecular flexibility index (Phi) is 5.24. The zero-order valence-electron chi connectivity index (χ0n) is 12.9. The van der Waals surface area contributed by atoms with Crippen LogP contribution in [-0.2, 0) is 16.4 Å². The average Bonchev–Trinajstić information content (AvgIpc) is 3.28. The predicted molar refractivity (Wildman–Crippen MR) is 83.2 cm³/mol. The molecular weight excluding hydrogens is 288 g/mol. The van der Waals surface area contributed by atoms with Gasteiger partial charge in [-0.25, -0.2) is 12.7 Å². The monoisotopic (exact) mass is 312 g/mol. The topological polar surface area (TPSA) is 58.6 Å². The third kappa shape index (κ3) is 3.96. The summed E-state index contributed by atoms with van der Waals surface area (Å²) in [6.07, 6.45) is 2.92. The van der Waals surface area contributed by atoms with Gasteiger partial charge in [-0.3, -0.25) is 0 Å². The average molecular weight is 312 g/mol.